The van der Waals surface area contributed by atoms with Gasteiger partial charge < -0.3 is 47.7 Å². The molecule has 1 N–H and O–H groups in total. The van der Waals surface area contributed by atoms with Crippen molar-refractivity contribution < 1.29 is 47.7 Å². The van der Waals surface area contributed by atoms with E-state index in [-0.39, 0.29) is 17.4 Å². The van der Waals surface area contributed by atoms with E-state index in [1.807, 2.05) is 0 Å². The molecule has 0 aromatic heterocycles. The molecule has 246 valence electrons. The van der Waals surface area contributed by atoms with E-state index >= 15 is 0 Å². The van der Waals surface area contributed by atoms with Crippen molar-refractivity contribution >= 4 is 0 Å². The van der Waals surface area contributed by atoms with Gasteiger partial charge in [-0.2, -0.15) is 0 Å². The van der Waals surface area contributed by atoms with Crippen molar-refractivity contribution in [2.75, 3.05) is 119 Å². The Bertz CT molecular complexity index is 761. The van der Waals surface area contributed by atoms with Gasteiger partial charge in [0.25, 0.3) is 0 Å². The van der Waals surface area contributed by atoms with Crippen LogP contribution in [0.3, 0.4) is 0 Å². The number of aliphatic hydroxyl groups is 1. The molecule has 0 bridgehead atoms. The summed E-state index contributed by atoms with van der Waals surface area (Å²) in [5.41, 5.74) is 2.63. The SMILES string of the molecule is CC(C)(C)c1ccc(OCCOCCOCCOCCOCCOCCOCCOCCOCCO)c(C(C)(C)C)c1. The van der Waals surface area contributed by atoms with Gasteiger partial charge in [-0.15, -0.1) is 0 Å². The molecule has 1 aromatic carbocycles. The number of ether oxygens (including phenoxy) is 9. The molecule has 0 aliphatic heterocycles. The molecule has 42 heavy (non-hydrogen) atoms. The quantitative estimate of drug-likeness (QED) is 0.150. The van der Waals surface area contributed by atoms with Gasteiger partial charge in [0.2, 0.25) is 0 Å². The molecule has 0 saturated carbocycles. The molecule has 1 rings (SSSR count). The predicted octanol–water partition coefficient (Wildman–Crippen LogP) is 3.79. The van der Waals surface area contributed by atoms with E-state index in [1.54, 1.807) is 0 Å². The zero-order chi connectivity index (χ0) is 30.9. The van der Waals surface area contributed by atoms with Gasteiger partial charge in [0, 0.05) is 0 Å². The molecule has 1 aromatic rings. The molecule has 0 heterocycles. The standard InChI is InChI=1S/C32H58O10/c1-31(2,3)28-7-8-30(29(27-28)32(4,5)6)42-26-25-41-24-23-40-22-21-39-20-19-38-18-17-37-16-15-36-14-13-35-12-11-34-10-9-33/h7-8,27,33H,9-26H2,1-6H3. The first-order valence-electron chi connectivity index (χ1n) is 15.2. The van der Waals surface area contributed by atoms with Crippen LogP contribution in [0.25, 0.3) is 0 Å². The fourth-order valence-corrected chi connectivity index (χ4v) is 3.63. The summed E-state index contributed by atoms with van der Waals surface area (Å²) in [4.78, 5) is 0. The predicted molar refractivity (Wildman–Crippen MR) is 163 cm³/mol. The second-order valence-corrected chi connectivity index (χ2v) is 11.7. The summed E-state index contributed by atoms with van der Waals surface area (Å²) in [5, 5.41) is 8.58. The number of hydrogen-bond acceptors (Lipinski definition) is 10. The van der Waals surface area contributed by atoms with Crippen LogP contribution in [0, 0.1) is 0 Å². The van der Waals surface area contributed by atoms with E-state index in [2.05, 4.69) is 59.7 Å². The van der Waals surface area contributed by atoms with Crippen molar-refractivity contribution in [2.24, 2.45) is 0 Å². The molecule has 0 atom stereocenters. The number of benzene rings is 1. The fourth-order valence-electron chi connectivity index (χ4n) is 3.63. The van der Waals surface area contributed by atoms with Gasteiger partial charge in [-0.05, 0) is 28.0 Å². The van der Waals surface area contributed by atoms with E-state index < -0.39 is 0 Å². The van der Waals surface area contributed by atoms with E-state index in [4.69, 9.17) is 47.7 Å². The van der Waals surface area contributed by atoms with E-state index in [0.29, 0.717) is 112 Å². The molecule has 10 heteroatoms. The van der Waals surface area contributed by atoms with Crippen molar-refractivity contribution in [3.8, 4) is 5.75 Å². The molecule has 0 amide bonds. The van der Waals surface area contributed by atoms with Gasteiger partial charge >= 0.3 is 0 Å². The van der Waals surface area contributed by atoms with Gasteiger partial charge in [-0.25, -0.2) is 0 Å². The Morgan fingerprint density at radius 2 is 0.786 bits per heavy atom. The van der Waals surface area contributed by atoms with Crippen LogP contribution in [0.2, 0.25) is 0 Å². The lowest BCUT2D eigenvalue weighted by Gasteiger charge is -2.27. The lowest BCUT2D eigenvalue weighted by atomic mass is 9.80. The highest BCUT2D eigenvalue weighted by Gasteiger charge is 2.23. The Labute approximate surface area is 254 Å². The second-order valence-electron chi connectivity index (χ2n) is 11.7. The summed E-state index contributed by atoms with van der Waals surface area (Å²) in [7, 11) is 0. The Morgan fingerprint density at radius 1 is 0.452 bits per heavy atom. The molecule has 0 radical (unpaired) electrons. The monoisotopic (exact) mass is 602 g/mol. The Hall–Kier alpha value is -1.34. The molecule has 10 nitrogen and oxygen atoms in total. The Kier molecular flexibility index (Phi) is 22.1. The van der Waals surface area contributed by atoms with Crippen LogP contribution in [0.5, 0.6) is 5.75 Å². The van der Waals surface area contributed by atoms with Crippen LogP contribution in [-0.2, 0) is 48.7 Å². The van der Waals surface area contributed by atoms with Gasteiger partial charge in [-0.1, -0.05) is 53.7 Å². The third-order valence-corrected chi connectivity index (χ3v) is 5.98. The molecule has 0 unspecified atom stereocenters. The van der Waals surface area contributed by atoms with Crippen molar-refractivity contribution in [2.45, 2.75) is 52.4 Å². The van der Waals surface area contributed by atoms with Crippen LogP contribution >= 0.6 is 0 Å². The van der Waals surface area contributed by atoms with Crippen LogP contribution in [0.1, 0.15) is 52.7 Å². The summed E-state index contributed by atoms with van der Waals surface area (Å²) in [6.07, 6.45) is 0. The molecule has 0 aliphatic carbocycles. The topological polar surface area (TPSA) is 103 Å². The molecule has 0 saturated heterocycles. The van der Waals surface area contributed by atoms with Crippen molar-refractivity contribution in [1.29, 1.82) is 0 Å². The summed E-state index contributed by atoms with van der Waals surface area (Å²) in [6, 6.07) is 6.51. The van der Waals surface area contributed by atoms with Crippen LogP contribution in [-0.4, -0.2) is 124 Å². The average molecular weight is 603 g/mol. The number of aliphatic hydroxyl groups excluding tert-OH is 1. The Balaban J connectivity index is 1.87. The van der Waals surface area contributed by atoms with Crippen LogP contribution < -0.4 is 4.74 Å². The fraction of sp³-hybridized carbons (Fsp3) is 0.812. The van der Waals surface area contributed by atoms with Gasteiger partial charge in [-0.3, -0.25) is 0 Å². The highest BCUT2D eigenvalue weighted by molar-refractivity contribution is 5.43. The lowest BCUT2D eigenvalue weighted by molar-refractivity contribution is -0.0242. The maximum absolute atomic E-state index is 8.58. The Morgan fingerprint density at radius 3 is 1.10 bits per heavy atom. The highest BCUT2D eigenvalue weighted by atomic mass is 16.6. The molecular formula is C32H58O10. The smallest absolute Gasteiger partial charge is 0.123 e. The molecular weight excluding hydrogens is 544 g/mol. The maximum Gasteiger partial charge on any atom is 0.123 e. The summed E-state index contributed by atoms with van der Waals surface area (Å²) < 4.78 is 49.5. The third-order valence-electron chi connectivity index (χ3n) is 5.98. The first-order valence-corrected chi connectivity index (χ1v) is 15.2. The van der Waals surface area contributed by atoms with Crippen molar-refractivity contribution in [3.63, 3.8) is 0 Å². The minimum atomic E-state index is -0.000302. The zero-order valence-corrected chi connectivity index (χ0v) is 27.1. The highest BCUT2D eigenvalue weighted by Crippen LogP contribution is 2.35. The normalized spacial score (nSPS) is 12.3. The maximum atomic E-state index is 8.58. The zero-order valence-electron chi connectivity index (χ0n) is 27.1. The lowest BCUT2D eigenvalue weighted by Crippen LogP contribution is -2.19. The minimum absolute atomic E-state index is 0.000302. The second kappa shape index (κ2) is 24.0. The average Bonchev–Trinajstić information content (AvgIpc) is 2.94. The molecule has 0 spiro atoms. The minimum Gasteiger partial charge on any atom is -0.491 e. The van der Waals surface area contributed by atoms with Gasteiger partial charge in [0.1, 0.15) is 12.4 Å². The number of hydrogen-bond donors (Lipinski definition) is 1. The molecule has 0 fully saturated rings. The van der Waals surface area contributed by atoms with Crippen molar-refractivity contribution in [3.05, 3.63) is 29.3 Å². The van der Waals surface area contributed by atoms with E-state index in [0.717, 1.165) is 5.75 Å². The van der Waals surface area contributed by atoms with Crippen LogP contribution in [0.15, 0.2) is 18.2 Å². The van der Waals surface area contributed by atoms with Gasteiger partial charge in [0.05, 0.1) is 112 Å². The summed E-state index contributed by atoms with van der Waals surface area (Å²) in [5.74, 6) is 0.922. The van der Waals surface area contributed by atoms with E-state index in [1.165, 1.54) is 11.1 Å². The number of rotatable bonds is 27. The molecule has 0 aliphatic rings. The first-order chi connectivity index (χ1) is 20.2. The van der Waals surface area contributed by atoms with E-state index in [9.17, 15) is 0 Å². The summed E-state index contributed by atoms with van der Waals surface area (Å²) >= 11 is 0. The largest absolute Gasteiger partial charge is 0.491 e. The first kappa shape index (κ1) is 38.7. The van der Waals surface area contributed by atoms with Gasteiger partial charge in [0.15, 0.2) is 0 Å². The van der Waals surface area contributed by atoms with Crippen molar-refractivity contribution in [1.82, 2.24) is 0 Å². The van der Waals surface area contributed by atoms with Crippen LogP contribution in [0.4, 0.5) is 0 Å². The summed E-state index contributed by atoms with van der Waals surface area (Å²) in [6.45, 7) is 21.8. The third kappa shape index (κ3) is 20.5.